The number of carbonyl (C=O) groups excluding carboxylic acids is 3. The molecule has 1 aliphatic carbocycles. The number of nitrogens with zero attached hydrogens (tertiary/aromatic N) is 1. The van der Waals surface area contributed by atoms with E-state index in [0.29, 0.717) is 28.6 Å². The Labute approximate surface area is 152 Å². The number of aldehydes is 1. The number of allylic oxidation sites excluding steroid dienone is 2. The van der Waals surface area contributed by atoms with Crippen molar-refractivity contribution in [1.82, 2.24) is 0 Å². The average molecular weight is 355 g/mol. The summed E-state index contributed by atoms with van der Waals surface area (Å²) in [5, 5.41) is 8.99. The van der Waals surface area contributed by atoms with Gasteiger partial charge in [-0.2, -0.15) is 5.26 Å². The molecule has 0 saturated carbocycles. The van der Waals surface area contributed by atoms with Crippen molar-refractivity contribution in [2.24, 2.45) is 5.41 Å². The van der Waals surface area contributed by atoms with Crippen molar-refractivity contribution in [2.45, 2.75) is 33.1 Å². The molecule has 136 valence electrons. The van der Waals surface area contributed by atoms with Gasteiger partial charge >= 0.3 is 11.9 Å². The zero-order valence-corrected chi connectivity index (χ0v) is 15.1. The van der Waals surface area contributed by atoms with E-state index in [9.17, 15) is 14.4 Å². The molecule has 1 atom stereocenters. The van der Waals surface area contributed by atoms with Crippen molar-refractivity contribution in [3.63, 3.8) is 0 Å². The van der Waals surface area contributed by atoms with Crippen molar-refractivity contribution >= 4 is 18.2 Å². The lowest BCUT2D eigenvalue weighted by Crippen LogP contribution is -2.45. The van der Waals surface area contributed by atoms with Gasteiger partial charge in [0.15, 0.2) is 5.41 Å². The Morgan fingerprint density at radius 3 is 2.15 bits per heavy atom. The topological polar surface area (TPSA) is 93.5 Å². The van der Waals surface area contributed by atoms with Crippen molar-refractivity contribution in [1.29, 1.82) is 5.26 Å². The van der Waals surface area contributed by atoms with Crippen LogP contribution in [0, 0.1) is 16.7 Å². The van der Waals surface area contributed by atoms with Gasteiger partial charge in [0.1, 0.15) is 6.29 Å². The molecule has 0 bridgehead atoms. The predicted molar refractivity (Wildman–Crippen MR) is 93.0 cm³/mol. The lowest BCUT2D eigenvalue weighted by Gasteiger charge is -2.32. The van der Waals surface area contributed by atoms with Crippen molar-refractivity contribution in [2.75, 3.05) is 13.2 Å². The second kappa shape index (κ2) is 7.96. The average Bonchev–Trinajstić information content (AvgIpc) is 2.95. The number of benzene rings is 1. The standard InChI is InChI=1S/C20H21NO5/c1-4-25-18(23)20(19(24)26-5-2)10-13(3)16(12-22)17(20)15-8-6-14(11-21)7-9-15/h6-9,12,17H,4-5,10H2,1-3H3/t17-/m1/s1. The van der Waals surface area contributed by atoms with Crippen molar-refractivity contribution in [3.8, 4) is 6.07 Å². The van der Waals surface area contributed by atoms with Gasteiger partial charge in [-0.25, -0.2) is 0 Å². The third-order valence-electron chi connectivity index (χ3n) is 4.62. The number of rotatable bonds is 6. The monoisotopic (exact) mass is 355 g/mol. The molecule has 0 aliphatic heterocycles. The van der Waals surface area contributed by atoms with Gasteiger partial charge in [-0.15, -0.1) is 0 Å². The first-order valence-corrected chi connectivity index (χ1v) is 8.45. The second-order valence-electron chi connectivity index (χ2n) is 6.11. The normalized spacial score (nSPS) is 18.2. The molecule has 26 heavy (non-hydrogen) atoms. The summed E-state index contributed by atoms with van der Waals surface area (Å²) in [6, 6.07) is 8.50. The third kappa shape index (κ3) is 3.13. The maximum absolute atomic E-state index is 12.9. The fraction of sp³-hybridized carbons (Fsp3) is 0.400. The van der Waals surface area contributed by atoms with Gasteiger partial charge in [0.25, 0.3) is 0 Å². The first kappa shape index (κ1) is 19.4. The van der Waals surface area contributed by atoms with Gasteiger partial charge in [-0.05, 0) is 44.9 Å². The van der Waals surface area contributed by atoms with E-state index < -0.39 is 23.3 Å². The lowest BCUT2D eigenvalue weighted by molar-refractivity contribution is -0.172. The summed E-state index contributed by atoms with van der Waals surface area (Å²) in [5.74, 6) is -2.22. The minimum Gasteiger partial charge on any atom is -0.465 e. The molecule has 0 heterocycles. The Hall–Kier alpha value is -2.94. The highest BCUT2D eigenvalue weighted by Gasteiger charge is 2.60. The van der Waals surface area contributed by atoms with Gasteiger partial charge in [0.05, 0.1) is 24.8 Å². The largest absolute Gasteiger partial charge is 0.465 e. The van der Waals surface area contributed by atoms with Crippen LogP contribution in [0.4, 0.5) is 0 Å². The van der Waals surface area contributed by atoms with Crippen molar-refractivity contribution < 1.29 is 23.9 Å². The molecule has 1 aromatic carbocycles. The third-order valence-corrected chi connectivity index (χ3v) is 4.62. The van der Waals surface area contributed by atoms with E-state index in [4.69, 9.17) is 14.7 Å². The van der Waals surface area contributed by atoms with E-state index in [0.717, 1.165) is 0 Å². The summed E-state index contributed by atoms with van der Waals surface area (Å²) in [6.45, 7) is 5.25. The molecule has 6 heteroatoms. The van der Waals surface area contributed by atoms with Gasteiger partial charge < -0.3 is 9.47 Å². The molecule has 0 fully saturated rings. The maximum Gasteiger partial charge on any atom is 0.324 e. The molecule has 0 N–H and O–H groups in total. The Bertz CT molecular complexity index is 767. The van der Waals surface area contributed by atoms with E-state index in [1.54, 1.807) is 45.0 Å². The maximum atomic E-state index is 12.9. The van der Waals surface area contributed by atoms with Gasteiger partial charge in [-0.3, -0.25) is 14.4 Å². The fourth-order valence-corrected chi connectivity index (χ4v) is 3.50. The molecule has 1 aromatic rings. The second-order valence-corrected chi connectivity index (χ2v) is 6.11. The van der Waals surface area contributed by atoms with E-state index >= 15 is 0 Å². The molecule has 0 aromatic heterocycles. The molecule has 0 unspecified atom stereocenters. The van der Waals surface area contributed by atoms with E-state index in [1.165, 1.54) is 0 Å². The fourth-order valence-electron chi connectivity index (χ4n) is 3.50. The molecule has 0 radical (unpaired) electrons. The number of hydrogen-bond donors (Lipinski definition) is 0. The quantitative estimate of drug-likeness (QED) is 0.442. The number of esters is 2. The smallest absolute Gasteiger partial charge is 0.324 e. The molecular weight excluding hydrogens is 334 g/mol. The molecule has 0 saturated heterocycles. The highest BCUT2D eigenvalue weighted by atomic mass is 16.6. The molecule has 6 nitrogen and oxygen atoms in total. The van der Waals surface area contributed by atoms with Crippen molar-refractivity contribution in [3.05, 3.63) is 46.5 Å². The Morgan fingerprint density at radius 2 is 1.73 bits per heavy atom. The number of ether oxygens (including phenoxy) is 2. The minimum absolute atomic E-state index is 0.0589. The molecule has 0 amide bonds. The van der Waals surface area contributed by atoms with Gasteiger partial charge in [0.2, 0.25) is 0 Å². The first-order valence-electron chi connectivity index (χ1n) is 8.45. The first-order chi connectivity index (χ1) is 12.5. The summed E-state index contributed by atoms with van der Waals surface area (Å²) in [4.78, 5) is 37.5. The number of carbonyl (C=O) groups is 3. The van der Waals surface area contributed by atoms with Crippen LogP contribution in [-0.2, 0) is 23.9 Å². The predicted octanol–water partition coefficient (Wildman–Crippen LogP) is 2.67. The molecular formula is C20H21NO5. The molecule has 2 rings (SSSR count). The zero-order valence-electron chi connectivity index (χ0n) is 15.1. The molecule has 1 aliphatic rings. The summed E-state index contributed by atoms with van der Waals surface area (Å²) >= 11 is 0. The van der Waals surface area contributed by atoms with Crippen LogP contribution < -0.4 is 0 Å². The summed E-state index contributed by atoms with van der Waals surface area (Å²) in [6.07, 6.45) is 0.738. The van der Waals surface area contributed by atoms with Crippen LogP contribution in [0.5, 0.6) is 0 Å². The number of hydrogen-bond acceptors (Lipinski definition) is 6. The van der Waals surface area contributed by atoms with Gasteiger partial charge in [-0.1, -0.05) is 17.7 Å². The van der Waals surface area contributed by atoms with E-state index in [2.05, 4.69) is 0 Å². The van der Waals surface area contributed by atoms with Crippen LogP contribution >= 0.6 is 0 Å². The minimum atomic E-state index is -1.64. The van der Waals surface area contributed by atoms with Crippen LogP contribution in [0.1, 0.15) is 44.2 Å². The lowest BCUT2D eigenvalue weighted by atomic mass is 9.71. The van der Waals surface area contributed by atoms with E-state index in [-0.39, 0.29) is 19.6 Å². The van der Waals surface area contributed by atoms with Crippen LogP contribution in [0.15, 0.2) is 35.4 Å². The van der Waals surface area contributed by atoms with Crippen LogP contribution in [0.2, 0.25) is 0 Å². The Morgan fingerprint density at radius 1 is 1.19 bits per heavy atom. The number of nitriles is 1. The highest BCUT2D eigenvalue weighted by molar-refractivity contribution is 6.05. The SMILES string of the molecule is CCOC(=O)C1(C(=O)OCC)CC(C)=C(C=O)[C@H]1c1ccc(C#N)cc1. The van der Waals surface area contributed by atoms with E-state index in [1.807, 2.05) is 6.07 Å². The Kier molecular flexibility index (Phi) is 5.93. The summed E-state index contributed by atoms with van der Waals surface area (Å²) < 4.78 is 10.4. The van der Waals surface area contributed by atoms with Crippen LogP contribution in [0.3, 0.4) is 0 Å². The van der Waals surface area contributed by atoms with Crippen LogP contribution in [-0.4, -0.2) is 31.4 Å². The Balaban J connectivity index is 2.67. The van der Waals surface area contributed by atoms with Gasteiger partial charge in [0, 0.05) is 11.5 Å². The summed E-state index contributed by atoms with van der Waals surface area (Å²) in [7, 11) is 0. The zero-order chi connectivity index (χ0) is 19.3. The van der Waals surface area contributed by atoms with Crippen LogP contribution in [0.25, 0.3) is 0 Å². The summed E-state index contributed by atoms with van der Waals surface area (Å²) in [5.41, 5.74) is 0.411. The molecule has 0 spiro atoms. The highest BCUT2D eigenvalue weighted by Crippen LogP contribution is 2.53.